The lowest BCUT2D eigenvalue weighted by Gasteiger charge is -2.17. The number of H-pyrrole nitrogens is 1. The van der Waals surface area contributed by atoms with Crippen LogP contribution in [0.4, 0.5) is 0 Å². The standard InChI is InChI=1S/C17H20N2O3/c1-12-8-13(2)10-15(9-12)22-7-6-19(3)17(21)14-4-5-16(20)18-11-14/h4-5,8-11H,6-7H2,1-3H3,(H,18,20). The minimum Gasteiger partial charge on any atom is -0.492 e. The third-order valence-electron chi connectivity index (χ3n) is 3.27. The minimum atomic E-state index is -0.225. The number of rotatable bonds is 5. The van der Waals surface area contributed by atoms with E-state index < -0.39 is 0 Å². The van der Waals surface area contributed by atoms with Crippen LogP contribution in [0.15, 0.2) is 41.3 Å². The van der Waals surface area contributed by atoms with Gasteiger partial charge in [-0.1, -0.05) is 6.07 Å². The number of aromatic amines is 1. The highest BCUT2D eigenvalue weighted by Gasteiger charge is 2.11. The van der Waals surface area contributed by atoms with Crippen molar-refractivity contribution in [3.8, 4) is 5.75 Å². The number of hydrogen-bond acceptors (Lipinski definition) is 3. The predicted molar refractivity (Wildman–Crippen MR) is 85.4 cm³/mol. The third-order valence-corrected chi connectivity index (χ3v) is 3.27. The minimum absolute atomic E-state index is 0.153. The molecule has 5 heteroatoms. The number of carbonyl (C=O) groups is 1. The molecule has 1 N–H and O–H groups in total. The Balaban J connectivity index is 1.89. The summed E-state index contributed by atoms with van der Waals surface area (Å²) in [6.45, 7) is 4.91. The fourth-order valence-electron chi connectivity index (χ4n) is 2.18. The van der Waals surface area contributed by atoms with Gasteiger partial charge in [0.05, 0.1) is 12.1 Å². The van der Waals surface area contributed by atoms with Crippen LogP contribution in [0.25, 0.3) is 0 Å². The van der Waals surface area contributed by atoms with Crippen LogP contribution in [0.1, 0.15) is 21.5 Å². The van der Waals surface area contributed by atoms with Crippen LogP contribution in [-0.2, 0) is 0 Å². The Bertz CT molecular complexity index is 681. The van der Waals surface area contributed by atoms with Gasteiger partial charge in [0.25, 0.3) is 5.91 Å². The summed E-state index contributed by atoms with van der Waals surface area (Å²) in [6.07, 6.45) is 1.42. The van der Waals surface area contributed by atoms with Gasteiger partial charge >= 0.3 is 0 Å². The molecule has 1 heterocycles. The zero-order valence-corrected chi connectivity index (χ0v) is 13.1. The molecule has 0 aliphatic carbocycles. The zero-order chi connectivity index (χ0) is 16.1. The Morgan fingerprint density at radius 1 is 1.18 bits per heavy atom. The molecule has 0 aliphatic heterocycles. The Kier molecular flexibility index (Phi) is 4.99. The molecule has 1 aromatic carbocycles. The van der Waals surface area contributed by atoms with Gasteiger partial charge in [0.2, 0.25) is 5.56 Å². The van der Waals surface area contributed by atoms with E-state index in [0.29, 0.717) is 18.7 Å². The van der Waals surface area contributed by atoms with E-state index in [1.807, 2.05) is 26.0 Å². The van der Waals surface area contributed by atoms with E-state index in [1.165, 1.54) is 18.3 Å². The van der Waals surface area contributed by atoms with Crippen molar-refractivity contribution in [1.29, 1.82) is 0 Å². The third kappa shape index (κ3) is 4.22. The molecule has 0 fully saturated rings. The lowest BCUT2D eigenvalue weighted by atomic mass is 10.1. The lowest BCUT2D eigenvalue weighted by Crippen LogP contribution is -2.31. The molecule has 1 aromatic heterocycles. The second-order valence-electron chi connectivity index (χ2n) is 5.34. The van der Waals surface area contributed by atoms with Gasteiger partial charge in [-0.15, -0.1) is 0 Å². The van der Waals surface area contributed by atoms with Crippen LogP contribution in [-0.4, -0.2) is 36.0 Å². The first-order valence-corrected chi connectivity index (χ1v) is 7.11. The predicted octanol–water partition coefficient (Wildman–Crippen LogP) is 2.14. The number of ether oxygens (including phenoxy) is 1. The van der Waals surface area contributed by atoms with E-state index in [9.17, 15) is 9.59 Å². The Hall–Kier alpha value is -2.56. The van der Waals surface area contributed by atoms with Crippen molar-refractivity contribution in [1.82, 2.24) is 9.88 Å². The zero-order valence-electron chi connectivity index (χ0n) is 13.1. The van der Waals surface area contributed by atoms with Crippen molar-refractivity contribution in [3.63, 3.8) is 0 Å². The largest absolute Gasteiger partial charge is 0.492 e. The van der Waals surface area contributed by atoms with Crippen molar-refractivity contribution in [2.45, 2.75) is 13.8 Å². The second-order valence-corrected chi connectivity index (χ2v) is 5.34. The number of benzene rings is 1. The van der Waals surface area contributed by atoms with E-state index >= 15 is 0 Å². The van der Waals surface area contributed by atoms with Crippen LogP contribution in [0.3, 0.4) is 0 Å². The van der Waals surface area contributed by atoms with Crippen molar-refractivity contribution in [2.24, 2.45) is 0 Å². The average Bonchev–Trinajstić information content (AvgIpc) is 2.46. The van der Waals surface area contributed by atoms with Gasteiger partial charge in [0.15, 0.2) is 0 Å². The summed E-state index contributed by atoms with van der Waals surface area (Å²) in [5, 5.41) is 0. The molecule has 5 nitrogen and oxygen atoms in total. The van der Waals surface area contributed by atoms with Gasteiger partial charge < -0.3 is 14.6 Å². The summed E-state index contributed by atoms with van der Waals surface area (Å²) >= 11 is 0. The smallest absolute Gasteiger partial charge is 0.255 e. The van der Waals surface area contributed by atoms with Crippen molar-refractivity contribution in [2.75, 3.05) is 20.2 Å². The first-order valence-electron chi connectivity index (χ1n) is 7.11. The Morgan fingerprint density at radius 3 is 2.45 bits per heavy atom. The molecule has 2 aromatic rings. The summed E-state index contributed by atoms with van der Waals surface area (Å²) in [4.78, 5) is 27.2. The monoisotopic (exact) mass is 300 g/mol. The van der Waals surface area contributed by atoms with E-state index in [-0.39, 0.29) is 11.5 Å². The number of amides is 1. The van der Waals surface area contributed by atoms with Gasteiger partial charge in [-0.25, -0.2) is 0 Å². The van der Waals surface area contributed by atoms with Crippen molar-refractivity contribution < 1.29 is 9.53 Å². The number of aromatic nitrogens is 1. The van der Waals surface area contributed by atoms with E-state index in [1.54, 1.807) is 11.9 Å². The molecule has 0 atom stereocenters. The normalized spacial score (nSPS) is 10.3. The number of pyridine rings is 1. The molecule has 0 bridgehead atoms. The van der Waals surface area contributed by atoms with Gasteiger partial charge in [-0.2, -0.15) is 0 Å². The summed E-state index contributed by atoms with van der Waals surface area (Å²) in [5.41, 5.74) is 2.52. The number of aryl methyl sites for hydroxylation is 2. The van der Waals surface area contributed by atoms with Gasteiger partial charge in [-0.05, 0) is 43.2 Å². The summed E-state index contributed by atoms with van der Waals surface area (Å²) in [7, 11) is 1.71. The maximum atomic E-state index is 12.2. The Labute approximate surface area is 129 Å². The quantitative estimate of drug-likeness (QED) is 0.920. The van der Waals surface area contributed by atoms with Gasteiger partial charge in [0.1, 0.15) is 12.4 Å². The fourth-order valence-corrected chi connectivity index (χ4v) is 2.18. The fraction of sp³-hybridized carbons (Fsp3) is 0.294. The van der Waals surface area contributed by atoms with E-state index in [4.69, 9.17) is 4.74 Å². The molecular formula is C17H20N2O3. The highest BCUT2D eigenvalue weighted by molar-refractivity contribution is 5.93. The summed E-state index contributed by atoms with van der Waals surface area (Å²) in [6, 6.07) is 8.88. The molecule has 0 aliphatic rings. The Morgan fingerprint density at radius 2 is 1.86 bits per heavy atom. The number of likely N-dealkylation sites (N-methyl/N-ethyl adjacent to an activating group) is 1. The summed E-state index contributed by atoms with van der Waals surface area (Å²) in [5.74, 6) is 0.655. The van der Waals surface area contributed by atoms with Crippen LogP contribution in [0, 0.1) is 13.8 Å². The maximum Gasteiger partial charge on any atom is 0.255 e. The van der Waals surface area contributed by atoms with E-state index in [2.05, 4.69) is 11.1 Å². The van der Waals surface area contributed by atoms with Crippen LogP contribution in [0.5, 0.6) is 5.75 Å². The van der Waals surface area contributed by atoms with Crippen molar-refractivity contribution in [3.05, 3.63) is 63.6 Å². The highest BCUT2D eigenvalue weighted by Crippen LogP contribution is 2.16. The molecule has 116 valence electrons. The molecule has 0 spiro atoms. The van der Waals surface area contributed by atoms with Gasteiger partial charge in [-0.3, -0.25) is 9.59 Å². The number of nitrogens with zero attached hydrogens (tertiary/aromatic N) is 1. The molecule has 0 radical (unpaired) electrons. The van der Waals surface area contributed by atoms with E-state index in [0.717, 1.165) is 16.9 Å². The molecule has 0 saturated carbocycles. The number of carbonyl (C=O) groups excluding carboxylic acids is 1. The number of hydrogen-bond donors (Lipinski definition) is 1. The molecule has 2 rings (SSSR count). The highest BCUT2D eigenvalue weighted by atomic mass is 16.5. The first kappa shape index (κ1) is 15.8. The summed E-state index contributed by atoms with van der Waals surface area (Å²) < 4.78 is 5.69. The van der Waals surface area contributed by atoms with Crippen LogP contribution >= 0.6 is 0 Å². The molecule has 22 heavy (non-hydrogen) atoms. The second kappa shape index (κ2) is 6.93. The lowest BCUT2D eigenvalue weighted by molar-refractivity contribution is 0.0773. The van der Waals surface area contributed by atoms with Gasteiger partial charge in [0, 0.05) is 19.3 Å². The molecule has 1 amide bonds. The first-order chi connectivity index (χ1) is 10.5. The van der Waals surface area contributed by atoms with Crippen molar-refractivity contribution >= 4 is 5.91 Å². The van der Waals surface area contributed by atoms with Crippen LogP contribution in [0.2, 0.25) is 0 Å². The number of nitrogens with one attached hydrogen (secondary N) is 1. The molecular weight excluding hydrogens is 280 g/mol. The maximum absolute atomic E-state index is 12.2. The topological polar surface area (TPSA) is 62.4 Å². The molecule has 0 saturated heterocycles. The SMILES string of the molecule is Cc1cc(C)cc(OCCN(C)C(=O)c2ccc(=O)[nH]c2)c1. The van der Waals surface area contributed by atoms with Crippen LogP contribution < -0.4 is 10.3 Å². The molecule has 0 unspecified atom stereocenters. The average molecular weight is 300 g/mol.